The lowest BCUT2D eigenvalue weighted by Crippen LogP contribution is -2.35. The first-order chi connectivity index (χ1) is 13.7. The van der Waals surface area contributed by atoms with Gasteiger partial charge in [-0.25, -0.2) is 0 Å². The fourth-order valence-corrected chi connectivity index (χ4v) is 3.65. The summed E-state index contributed by atoms with van der Waals surface area (Å²) in [6.45, 7) is 3.98. The van der Waals surface area contributed by atoms with Crippen LogP contribution in [0.5, 0.6) is 0 Å². The number of hydrogen-bond donors (Lipinski definition) is 1. The minimum absolute atomic E-state index is 0.00825. The highest BCUT2D eigenvalue weighted by Crippen LogP contribution is 2.29. The van der Waals surface area contributed by atoms with E-state index in [4.69, 9.17) is 0 Å². The van der Waals surface area contributed by atoms with Crippen LogP contribution in [0.1, 0.15) is 30.6 Å². The number of rotatable bonds is 7. The van der Waals surface area contributed by atoms with Gasteiger partial charge in [0.05, 0.1) is 5.52 Å². The molecule has 0 fully saturated rings. The zero-order valence-corrected chi connectivity index (χ0v) is 17.9. The van der Waals surface area contributed by atoms with E-state index in [1.807, 2.05) is 44.2 Å². The number of fused-ring (bicyclic) bond motifs is 1. The maximum Gasteiger partial charge on any atom is 0.279 e. The van der Waals surface area contributed by atoms with Crippen LogP contribution in [0.25, 0.3) is 22.0 Å². The Kier molecular flexibility index (Phi) is 6.16. The monoisotopic (exact) mass is 414 g/mol. The third-order valence-electron chi connectivity index (χ3n) is 5.10. The van der Waals surface area contributed by atoms with Crippen LogP contribution in [-0.2, 0) is 16.8 Å². The smallest absolute Gasteiger partial charge is 0.279 e. The second-order valence-corrected chi connectivity index (χ2v) is 9.22. The Morgan fingerprint density at radius 1 is 1.17 bits per heavy atom. The highest BCUT2D eigenvalue weighted by molar-refractivity contribution is 7.87. The fraction of sp³-hybridized carbons (Fsp3) is 0.333. The molecule has 0 spiro atoms. The van der Waals surface area contributed by atoms with E-state index in [9.17, 15) is 13.2 Å². The van der Waals surface area contributed by atoms with Crippen LogP contribution in [0.4, 0.5) is 0 Å². The normalized spacial score (nSPS) is 13.1. The Hall–Kier alpha value is -2.55. The first kappa shape index (κ1) is 21.2. The lowest BCUT2D eigenvalue weighted by Gasteiger charge is -2.11. The summed E-state index contributed by atoms with van der Waals surface area (Å²) >= 11 is 0. The van der Waals surface area contributed by atoms with Gasteiger partial charge in [0.1, 0.15) is 0 Å². The van der Waals surface area contributed by atoms with Gasteiger partial charge in [0.25, 0.3) is 10.2 Å². The molecule has 154 valence electrons. The minimum Gasteiger partial charge on any atom is -0.287 e. The molecular formula is C21H26N4O3S. The van der Waals surface area contributed by atoms with Crippen LogP contribution in [0, 0.1) is 5.92 Å². The molecule has 0 bridgehead atoms. The molecule has 2 aromatic heterocycles. The Bertz CT molecular complexity index is 1120. The molecule has 29 heavy (non-hydrogen) atoms. The molecule has 0 unspecified atom stereocenters. The van der Waals surface area contributed by atoms with Crippen molar-refractivity contribution in [1.29, 1.82) is 0 Å². The van der Waals surface area contributed by atoms with Crippen molar-refractivity contribution >= 4 is 27.0 Å². The standard InChI is InChI=1S/C21H26N4O3S/c1-5-15(2)21(26)25-14-18(13-23-29(27,28)24(3)4)19-7-6-17(12-20(19)25)16-8-10-22-11-9-16/h6-12,14-15,23H,5,13H2,1-4H3/t15-/m1/s1. The number of carbonyl (C=O) groups is 1. The number of aromatic nitrogens is 2. The highest BCUT2D eigenvalue weighted by Gasteiger charge is 2.20. The maximum absolute atomic E-state index is 13.0. The van der Waals surface area contributed by atoms with E-state index in [0.29, 0.717) is 0 Å². The van der Waals surface area contributed by atoms with Gasteiger partial charge >= 0.3 is 0 Å². The van der Waals surface area contributed by atoms with Gasteiger partial charge in [0.15, 0.2) is 0 Å². The van der Waals surface area contributed by atoms with Crippen molar-refractivity contribution in [3.8, 4) is 11.1 Å². The van der Waals surface area contributed by atoms with Gasteiger partial charge in [-0.2, -0.15) is 17.4 Å². The second-order valence-electron chi connectivity index (χ2n) is 7.25. The Morgan fingerprint density at radius 2 is 1.86 bits per heavy atom. The Labute approximate surface area is 171 Å². The molecule has 0 saturated carbocycles. The van der Waals surface area contributed by atoms with Crippen molar-refractivity contribution in [3.63, 3.8) is 0 Å². The first-order valence-electron chi connectivity index (χ1n) is 9.50. The quantitative estimate of drug-likeness (QED) is 0.643. The maximum atomic E-state index is 13.0. The average Bonchev–Trinajstić information content (AvgIpc) is 3.09. The first-order valence-corrected chi connectivity index (χ1v) is 10.9. The Balaban J connectivity index is 2.09. The molecule has 8 heteroatoms. The predicted molar refractivity (Wildman–Crippen MR) is 115 cm³/mol. The number of nitrogens with zero attached hydrogens (tertiary/aromatic N) is 3. The third kappa shape index (κ3) is 4.39. The van der Waals surface area contributed by atoms with E-state index in [1.54, 1.807) is 23.2 Å². The molecule has 0 aliphatic rings. The zero-order chi connectivity index (χ0) is 21.2. The second kappa shape index (κ2) is 8.44. The van der Waals surface area contributed by atoms with E-state index in [2.05, 4.69) is 9.71 Å². The van der Waals surface area contributed by atoms with Gasteiger partial charge in [0, 0.05) is 50.5 Å². The van der Waals surface area contributed by atoms with Crippen LogP contribution in [0.15, 0.2) is 48.9 Å². The van der Waals surface area contributed by atoms with Crippen molar-refractivity contribution in [2.45, 2.75) is 26.8 Å². The predicted octanol–water partition coefficient (Wildman–Crippen LogP) is 3.29. The molecule has 2 heterocycles. The number of carbonyl (C=O) groups excluding carboxylic acids is 1. The molecular weight excluding hydrogens is 388 g/mol. The van der Waals surface area contributed by atoms with E-state index in [-0.39, 0.29) is 18.4 Å². The molecule has 0 radical (unpaired) electrons. The van der Waals surface area contributed by atoms with Crippen molar-refractivity contribution in [2.75, 3.05) is 14.1 Å². The molecule has 1 aromatic carbocycles. The molecule has 7 nitrogen and oxygen atoms in total. The van der Waals surface area contributed by atoms with Gasteiger partial charge in [-0.3, -0.25) is 14.3 Å². The number of benzene rings is 1. The molecule has 1 N–H and O–H groups in total. The van der Waals surface area contributed by atoms with Crippen LogP contribution >= 0.6 is 0 Å². The summed E-state index contributed by atoms with van der Waals surface area (Å²) in [5.41, 5.74) is 3.49. The SMILES string of the molecule is CC[C@@H](C)C(=O)n1cc(CNS(=O)(=O)N(C)C)c2ccc(-c3ccncc3)cc21. The van der Waals surface area contributed by atoms with Crippen molar-refractivity contribution < 1.29 is 13.2 Å². The number of hydrogen-bond acceptors (Lipinski definition) is 4. The number of nitrogens with one attached hydrogen (secondary N) is 1. The van der Waals surface area contributed by atoms with E-state index in [0.717, 1.165) is 38.3 Å². The number of pyridine rings is 1. The van der Waals surface area contributed by atoms with Gasteiger partial charge in [-0.15, -0.1) is 0 Å². The molecule has 3 rings (SSSR count). The van der Waals surface area contributed by atoms with Gasteiger partial charge < -0.3 is 0 Å². The fourth-order valence-electron chi connectivity index (χ4n) is 3.05. The molecule has 3 aromatic rings. The topological polar surface area (TPSA) is 84.3 Å². The molecule has 0 saturated heterocycles. The third-order valence-corrected chi connectivity index (χ3v) is 6.57. The summed E-state index contributed by atoms with van der Waals surface area (Å²) < 4.78 is 29.6. The lowest BCUT2D eigenvalue weighted by molar-refractivity contribution is 0.0847. The molecule has 0 amide bonds. The van der Waals surface area contributed by atoms with Crippen molar-refractivity contribution in [2.24, 2.45) is 5.92 Å². The molecule has 0 aliphatic carbocycles. The lowest BCUT2D eigenvalue weighted by atomic mass is 10.0. The van der Waals surface area contributed by atoms with Crippen molar-refractivity contribution in [1.82, 2.24) is 18.6 Å². The van der Waals surface area contributed by atoms with Gasteiger partial charge in [0.2, 0.25) is 5.91 Å². The summed E-state index contributed by atoms with van der Waals surface area (Å²) in [6.07, 6.45) is 5.92. The summed E-state index contributed by atoms with van der Waals surface area (Å²) in [5, 5.41) is 0.848. The molecule has 1 atom stereocenters. The van der Waals surface area contributed by atoms with Crippen LogP contribution < -0.4 is 4.72 Å². The van der Waals surface area contributed by atoms with Crippen LogP contribution in [0.3, 0.4) is 0 Å². The van der Waals surface area contributed by atoms with Gasteiger partial charge in [-0.05, 0) is 41.3 Å². The highest BCUT2D eigenvalue weighted by atomic mass is 32.2. The van der Waals surface area contributed by atoms with Crippen LogP contribution in [0.2, 0.25) is 0 Å². The summed E-state index contributed by atoms with van der Waals surface area (Å²) in [6, 6.07) is 9.70. The van der Waals surface area contributed by atoms with Gasteiger partial charge in [-0.1, -0.05) is 26.0 Å². The Morgan fingerprint density at radius 3 is 2.48 bits per heavy atom. The summed E-state index contributed by atoms with van der Waals surface area (Å²) in [5.74, 6) is -0.146. The van der Waals surface area contributed by atoms with E-state index in [1.165, 1.54) is 14.1 Å². The molecule has 0 aliphatic heterocycles. The largest absolute Gasteiger partial charge is 0.287 e. The zero-order valence-electron chi connectivity index (χ0n) is 17.1. The summed E-state index contributed by atoms with van der Waals surface area (Å²) in [7, 11) is -0.623. The van der Waals surface area contributed by atoms with Crippen LogP contribution in [-0.4, -0.2) is 42.3 Å². The van der Waals surface area contributed by atoms with E-state index >= 15 is 0 Å². The average molecular weight is 415 g/mol. The van der Waals surface area contributed by atoms with E-state index < -0.39 is 10.2 Å². The van der Waals surface area contributed by atoms with Crippen molar-refractivity contribution in [3.05, 3.63) is 54.5 Å². The summed E-state index contributed by atoms with van der Waals surface area (Å²) in [4.78, 5) is 17.0. The minimum atomic E-state index is -3.57.